The van der Waals surface area contributed by atoms with Gasteiger partial charge in [0.15, 0.2) is 0 Å². The minimum atomic E-state index is -0.309. The van der Waals surface area contributed by atoms with Crippen molar-refractivity contribution in [3.05, 3.63) is 54.5 Å². The standard InChI is InChI=1S/C17H17FN4/c1-22(2)12-5-3-4-11(10-12)21-17-16-13(8-9-20-17)14(18)6-7-15(16)19/h3-10H,19H2,1-2H3,(H,20,21). The summed E-state index contributed by atoms with van der Waals surface area (Å²) < 4.78 is 13.9. The maximum atomic E-state index is 13.9. The van der Waals surface area contributed by atoms with Crippen molar-refractivity contribution in [1.82, 2.24) is 4.98 Å². The summed E-state index contributed by atoms with van der Waals surface area (Å²) >= 11 is 0. The van der Waals surface area contributed by atoms with Crippen molar-refractivity contribution in [1.29, 1.82) is 0 Å². The highest BCUT2D eigenvalue weighted by atomic mass is 19.1. The van der Waals surface area contributed by atoms with E-state index in [9.17, 15) is 4.39 Å². The summed E-state index contributed by atoms with van der Waals surface area (Å²) in [5, 5.41) is 4.28. The van der Waals surface area contributed by atoms with Gasteiger partial charge >= 0.3 is 0 Å². The molecule has 1 aromatic heterocycles. The van der Waals surface area contributed by atoms with Crippen LogP contribution in [0.15, 0.2) is 48.7 Å². The van der Waals surface area contributed by atoms with Crippen molar-refractivity contribution in [2.45, 2.75) is 0 Å². The molecule has 0 bridgehead atoms. The maximum absolute atomic E-state index is 13.9. The largest absolute Gasteiger partial charge is 0.398 e. The lowest BCUT2D eigenvalue weighted by Crippen LogP contribution is -2.08. The molecule has 4 nitrogen and oxygen atoms in total. The molecule has 0 amide bonds. The number of pyridine rings is 1. The zero-order valence-corrected chi connectivity index (χ0v) is 12.5. The quantitative estimate of drug-likeness (QED) is 0.722. The lowest BCUT2D eigenvalue weighted by atomic mass is 10.1. The van der Waals surface area contributed by atoms with Crippen LogP contribution in [0.5, 0.6) is 0 Å². The number of benzene rings is 2. The first-order chi connectivity index (χ1) is 10.6. The van der Waals surface area contributed by atoms with Gasteiger partial charge < -0.3 is 16.0 Å². The number of fused-ring (bicyclic) bond motifs is 1. The molecule has 0 aliphatic heterocycles. The second-order valence-electron chi connectivity index (χ2n) is 5.29. The third-order valence-electron chi connectivity index (χ3n) is 3.53. The van der Waals surface area contributed by atoms with Gasteiger partial charge in [-0.3, -0.25) is 0 Å². The molecule has 1 heterocycles. The van der Waals surface area contributed by atoms with E-state index < -0.39 is 0 Å². The van der Waals surface area contributed by atoms with Gasteiger partial charge in [0, 0.05) is 42.7 Å². The summed E-state index contributed by atoms with van der Waals surface area (Å²) in [6.45, 7) is 0. The summed E-state index contributed by atoms with van der Waals surface area (Å²) in [6.07, 6.45) is 1.57. The van der Waals surface area contributed by atoms with Crippen LogP contribution in [0.3, 0.4) is 0 Å². The van der Waals surface area contributed by atoms with Gasteiger partial charge in [0.05, 0.1) is 5.39 Å². The molecule has 5 heteroatoms. The minimum Gasteiger partial charge on any atom is -0.398 e. The highest BCUT2D eigenvalue weighted by Gasteiger charge is 2.10. The lowest BCUT2D eigenvalue weighted by molar-refractivity contribution is 0.640. The number of rotatable bonds is 3. The monoisotopic (exact) mass is 296 g/mol. The Balaban J connectivity index is 2.08. The predicted octanol–water partition coefficient (Wildman–Crippen LogP) is 3.77. The second-order valence-corrected chi connectivity index (χ2v) is 5.29. The Labute approximate surface area is 128 Å². The van der Waals surface area contributed by atoms with Crippen LogP contribution < -0.4 is 16.0 Å². The van der Waals surface area contributed by atoms with Crippen molar-refractivity contribution >= 4 is 33.7 Å². The molecule has 0 atom stereocenters. The van der Waals surface area contributed by atoms with Crippen LogP contribution in [0.25, 0.3) is 10.8 Å². The van der Waals surface area contributed by atoms with Gasteiger partial charge in [-0.05, 0) is 36.4 Å². The SMILES string of the molecule is CN(C)c1cccc(Nc2nccc3c(F)ccc(N)c23)c1. The van der Waals surface area contributed by atoms with Crippen LogP contribution in [0.1, 0.15) is 0 Å². The van der Waals surface area contributed by atoms with Gasteiger partial charge in [0.2, 0.25) is 0 Å². The third kappa shape index (κ3) is 2.53. The van der Waals surface area contributed by atoms with Crippen molar-refractivity contribution in [3.8, 4) is 0 Å². The zero-order chi connectivity index (χ0) is 15.7. The summed E-state index contributed by atoms with van der Waals surface area (Å²) in [4.78, 5) is 6.32. The summed E-state index contributed by atoms with van der Waals surface area (Å²) in [5.74, 6) is 0.238. The van der Waals surface area contributed by atoms with Crippen LogP contribution in [0, 0.1) is 5.82 Å². The summed E-state index contributed by atoms with van der Waals surface area (Å²) in [5.41, 5.74) is 8.43. The Kier molecular flexibility index (Phi) is 3.55. The first-order valence-electron chi connectivity index (χ1n) is 6.93. The number of aromatic nitrogens is 1. The predicted molar refractivity (Wildman–Crippen MR) is 90.2 cm³/mol. The maximum Gasteiger partial charge on any atom is 0.140 e. The van der Waals surface area contributed by atoms with E-state index in [0.29, 0.717) is 22.3 Å². The molecule has 22 heavy (non-hydrogen) atoms. The number of halogens is 1. The fraction of sp³-hybridized carbons (Fsp3) is 0.118. The first kappa shape index (κ1) is 14.1. The zero-order valence-electron chi connectivity index (χ0n) is 12.5. The molecule has 0 saturated carbocycles. The number of anilines is 4. The van der Waals surface area contributed by atoms with Gasteiger partial charge in [-0.25, -0.2) is 9.37 Å². The van der Waals surface area contributed by atoms with Crippen LogP contribution in [0.2, 0.25) is 0 Å². The van der Waals surface area contributed by atoms with Gasteiger partial charge in [0.1, 0.15) is 11.6 Å². The Morgan fingerprint density at radius 3 is 2.73 bits per heavy atom. The molecule has 0 unspecified atom stereocenters. The number of hydrogen-bond donors (Lipinski definition) is 2. The van der Waals surface area contributed by atoms with Gasteiger partial charge in [-0.1, -0.05) is 6.07 Å². The van der Waals surface area contributed by atoms with E-state index in [1.165, 1.54) is 6.07 Å². The number of nitrogens with zero attached hydrogens (tertiary/aromatic N) is 2. The lowest BCUT2D eigenvalue weighted by Gasteiger charge is -2.15. The highest BCUT2D eigenvalue weighted by molar-refractivity contribution is 6.02. The Morgan fingerprint density at radius 2 is 1.95 bits per heavy atom. The Morgan fingerprint density at radius 1 is 1.14 bits per heavy atom. The fourth-order valence-corrected chi connectivity index (χ4v) is 2.38. The molecular weight excluding hydrogens is 279 g/mol. The molecule has 0 aliphatic carbocycles. The van der Waals surface area contributed by atoms with Crippen molar-refractivity contribution < 1.29 is 4.39 Å². The van der Waals surface area contributed by atoms with Gasteiger partial charge in [0.25, 0.3) is 0 Å². The average Bonchev–Trinajstić information content (AvgIpc) is 2.51. The summed E-state index contributed by atoms with van der Waals surface area (Å²) in [7, 11) is 3.95. The van der Waals surface area contributed by atoms with E-state index in [1.54, 1.807) is 18.3 Å². The van der Waals surface area contributed by atoms with E-state index in [0.717, 1.165) is 11.4 Å². The number of nitrogen functional groups attached to an aromatic ring is 1. The van der Waals surface area contributed by atoms with Crippen LogP contribution in [0.4, 0.5) is 27.3 Å². The van der Waals surface area contributed by atoms with Gasteiger partial charge in [-0.15, -0.1) is 0 Å². The summed E-state index contributed by atoms with van der Waals surface area (Å²) in [6, 6.07) is 12.4. The van der Waals surface area contributed by atoms with Crippen LogP contribution >= 0.6 is 0 Å². The normalized spacial score (nSPS) is 10.7. The molecule has 2 aromatic carbocycles. The first-order valence-corrected chi connectivity index (χ1v) is 6.93. The molecule has 3 N–H and O–H groups in total. The number of nitrogens with two attached hydrogens (primary N) is 1. The van der Waals surface area contributed by atoms with Crippen LogP contribution in [-0.4, -0.2) is 19.1 Å². The molecule has 0 radical (unpaired) electrons. The second kappa shape index (κ2) is 5.52. The van der Waals surface area contributed by atoms with E-state index in [1.807, 2.05) is 43.3 Å². The molecular formula is C17H17FN4. The molecule has 3 rings (SSSR count). The van der Waals surface area contributed by atoms with E-state index >= 15 is 0 Å². The van der Waals surface area contributed by atoms with Gasteiger partial charge in [-0.2, -0.15) is 0 Å². The molecule has 0 aliphatic rings. The van der Waals surface area contributed by atoms with Crippen molar-refractivity contribution in [2.75, 3.05) is 30.0 Å². The molecule has 0 saturated heterocycles. The molecule has 0 spiro atoms. The average molecular weight is 296 g/mol. The molecule has 3 aromatic rings. The molecule has 112 valence electrons. The third-order valence-corrected chi connectivity index (χ3v) is 3.53. The van der Waals surface area contributed by atoms with Crippen molar-refractivity contribution in [3.63, 3.8) is 0 Å². The Hall–Kier alpha value is -2.82. The van der Waals surface area contributed by atoms with E-state index in [-0.39, 0.29) is 5.82 Å². The number of hydrogen-bond acceptors (Lipinski definition) is 4. The van der Waals surface area contributed by atoms with E-state index in [2.05, 4.69) is 10.3 Å². The smallest absolute Gasteiger partial charge is 0.140 e. The topological polar surface area (TPSA) is 54.2 Å². The fourth-order valence-electron chi connectivity index (χ4n) is 2.38. The highest BCUT2D eigenvalue weighted by Crippen LogP contribution is 2.31. The van der Waals surface area contributed by atoms with Crippen LogP contribution in [-0.2, 0) is 0 Å². The molecule has 0 fully saturated rings. The Bertz CT molecular complexity index is 830. The van der Waals surface area contributed by atoms with E-state index in [4.69, 9.17) is 5.73 Å². The van der Waals surface area contributed by atoms with Crippen molar-refractivity contribution in [2.24, 2.45) is 0 Å². The number of nitrogens with one attached hydrogen (secondary N) is 1. The minimum absolute atomic E-state index is 0.309.